The van der Waals surface area contributed by atoms with Gasteiger partial charge in [0.25, 0.3) is 0 Å². The lowest BCUT2D eigenvalue weighted by Gasteiger charge is -2.24. The van der Waals surface area contributed by atoms with Crippen molar-refractivity contribution < 1.29 is 0 Å². The third-order valence-electron chi connectivity index (χ3n) is 3.66. The lowest BCUT2D eigenvalue weighted by Crippen LogP contribution is -2.24. The number of imidazole rings is 1. The van der Waals surface area contributed by atoms with Crippen LogP contribution >= 0.6 is 0 Å². The van der Waals surface area contributed by atoms with Gasteiger partial charge >= 0.3 is 0 Å². The van der Waals surface area contributed by atoms with Crippen LogP contribution in [0.1, 0.15) is 46.0 Å². The number of anilines is 1. The summed E-state index contributed by atoms with van der Waals surface area (Å²) >= 11 is 0. The molecule has 1 aliphatic carbocycles. The lowest BCUT2D eigenvalue weighted by molar-refractivity contribution is 0.360. The smallest absolute Gasteiger partial charge is 0.202 e. The number of hydrogen-bond acceptors (Lipinski definition) is 2. The quantitative estimate of drug-likeness (QED) is 0.827. The van der Waals surface area contributed by atoms with Crippen molar-refractivity contribution in [3.63, 3.8) is 0 Å². The lowest BCUT2D eigenvalue weighted by atomic mass is 9.89. The van der Waals surface area contributed by atoms with Gasteiger partial charge in [-0.05, 0) is 24.7 Å². The average Bonchev–Trinajstić information content (AvgIpc) is 2.86. The topological polar surface area (TPSA) is 29.9 Å². The molecule has 2 rings (SSSR count). The van der Waals surface area contributed by atoms with Crippen LogP contribution < -0.4 is 5.32 Å². The van der Waals surface area contributed by atoms with Crippen LogP contribution in [0, 0.1) is 5.41 Å². The zero-order valence-corrected chi connectivity index (χ0v) is 10.5. The minimum absolute atomic E-state index is 0.489. The van der Waals surface area contributed by atoms with Crippen molar-refractivity contribution >= 4 is 5.95 Å². The highest BCUT2D eigenvalue weighted by Crippen LogP contribution is 2.37. The molecule has 1 saturated carbocycles. The van der Waals surface area contributed by atoms with E-state index in [1.54, 1.807) is 0 Å². The number of aromatic nitrogens is 2. The van der Waals surface area contributed by atoms with Crippen molar-refractivity contribution in [2.45, 2.75) is 52.5 Å². The molecule has 0 aliphatic heterocycles. The fraction of sp³-hybridized carbons (Fsp3) is 0.769. The Kier molecular flexibility index (Phi) is 3.52. The summed E-state index contributed by atoms with van der Waals surface area (Å²) in [5, 5.41) is 3.51. The standard InChI is InChI=1S/C13H23N3/c1-3-9-16-10-8-14-12(16)15-11-13(2)6-4-5-7-13/h8,10H,3-7,9,11H2,1-2H3,(H,14,15). The van der Waals surface area contributed by atoms with Gasteiger partial charge in [0.15, 0.2) is 0 Å². The van der Waals surface area contributed by atoms with Gasteiger partial charge in [-0.15, -0.1) is 0 Å². The van der Waals surface area contributed by atoms with Crippen LogP contribution in [-0.2, 0) is 6.54 Å². The molecule has 0 amide bonds. The first kappa shape index (κ1) is 11.5. The summed E-state index contributed by atoms with van der Waals surface area (Å²) in [7, 11) is 0. The first-order valence-electron chi connectivity index (χ1n) is 6.48. The van der Waals surface area contributed by atoms with Crippen molar-refractivity contribution in [1.82, 2.24) is 9.55 Å². The van der Waals surface area contributed by atoms with E-state index in [1.165, 1.54) is 25.7 Å². The molecule has 1 heterocycles. The normalized spacial score (nSPS) is 18.9. The second-order valence-electron chi connectivity index (χ2n) is 5.32. The van der Waals surface area contributed by atoms with Gasteiger partial charge in [-0.3, -0.25) is 0 Å². The van der Waals surface area contributed by atoms with Gasteiger partial charge in [-0.2, -0.15) is 0 Å². The van der Waals surface area contributed by atoms with E-state index in [2.05, 4.69) is 34.9 Å². The molecule has 0 spiro atoms. The van der Waals surface area contributed by atoms with Crippen molar-refractivity contribution in [2.24, 2.45) is 5.41 Å². The van der Waals surface area contributed by atoms with Crippen LogP contribution in [0.5, 0.6) is 0 Å². The number of aryl methyl sites for hydroxylation is 1. The Bertz CT molecular complexity index is 324. The summed E-state index contributed by atoms with van der Waals surface area (Å²) < 4.78 is 2.21. The summed E-state index contributed by atoms with van der Waals surface area (Å²) in [5.74, 6) is 1.04. The molecule has 3 nitrogen and oxygen atoms in total. The van der Waals surface area contributed by atoms with Gasteiger partial charge in [0.1, 0.15) is 0 Å². The molecule has 1 aromatic rings. The minimum atomic E-state index is 0.489. The van der Waals surface area contributed by atoms with E-state index in [9.17, 15) is 0 Å². The average molecular weight is 221 g/mol. The Morgan fingerprint density at radius 1 is 1.44 bits per heavy atom. The van der Waals surface area contributed by atoms with E-state index in [0.29, 0.717) is 5.41 Å². The molecule has 0 aromatic carbocycles. The first-order chi connectivity index (χ1) is 7.73. The van der Waals surface area contributed by atoms with Gasteiger partial charge in [-0.25, -0.2) is 4.98 Å². The largest absolute Gasteiger partial charge is 0.355 e. The number of hydrogen-bond donors (Lipinski definition) is 1. The Morgan fingerprint density at radius 3 is 2.88 bits per heavy atom. The SMILES string of the molecule is CCCn1ccnc1NCC1(C)CCCC1. The fourth-order valence-electron chi connectivity index (χ4n) is 2.60. The molecule has 16 heavy (non-hydrogen) atoms. The summed E-state index contributed by atoms with van der Waals surface area (Å²) in [4.78, 5) is 4.38. The van der Waals surface area contributed by atoms with Crippen LogP contribution in [-0.4, -0.2) is 16.1 Å². The molecule has 1 fully saturated rings. The molecule has 0 radical (unpaired) electrons. The van der Waals surface area contributed by atoms with E-state index in [-0.39, 0.29) is 0 Å². The van der Waals surface area contributed by atoms with E-state index in [1.807, 2.05) is 6.20 Å². The Labute approximate surface area is 98.3 Å². The Balaban J connectivity index is 1.91. The van der Waals surface area contributed by atoms with Crippen LogP contribution in [0.4, 0.5) is 5.95 Å². The highest BCUT2D eigenvalue weighted by molar-refractivity contribution is 5.26. The zero-order valence-electron chi connectivity index (χ0n) is 10.5. The molecule has 0 bridgehead atoms. The third-order valence-corrected chi connectivity index (χ3v) is 3.66. The van der Waals surface area contributed by atoms with Gasteiger partial charge in [0, 0.05) is 25.5 Å². The summed E-state index contributed by atoms with van der Waals surface area (Å²) in [6, 6.07) is 0. The van der Waals surface area contributed by atoms with Crippen molar-refractivity contribution in [2.75, 3.05) is 11.9 Å². The molecule has 0 atom stereocenters. The fourth-order valence-corrected chi connectivity index (χ4v) is 2.60. The van der Waals surface area contributed by atoms with E-state index in [4.69, 9.17) is 0 Å². The van der Waals surface area contributed by atoms with Crippen LogP contribution in [0.2, 0.25) is 0 Å². The number of nitrogens with zero attached hydrogens (tertiary/aromatic N) is 2. The van der Waals surface area contributed by atoms with Crippen LogP contribution in [0.3, 0.4) is 0 Å². The maximum Gasteiger partial charge on any atom is 0.202 e. The Morgan fingerprint density at radius 2 is 2.19 bits per heavy atom. The highest BCUT2D eigenvalue weighted by Gasteiger charge is 2.28. The maximum atomic E-state index is 4.38. The summed E-state index contributed by atoms with van der Waals surface area (Å²) in [6.45, 7) is 6.70. The molecular formula is C13H23N3. The maximum absolute atomic E-state index is 4.38. The molecular weight excluding hydrogens is 198 g/mol. The third kappa shape index (κ3) is 2.57. The van der Waals surface area contributed by atoms with Crippen LogP contribution in [0.15, 0.2) is 12.4 Å². The predicted octanol–water partition coefficient (Wildman–Crippen LogP) is 3.29. The molecule has 3 heteroatoms. The second kappa shape index (κ2) is 4.89. The van der Waals surface area contributed by atoms with E-state index in [0.717, 1.165) is 25.5 Å². The first-order valence-corrected chi connectivity index (χ1v) is 6.48. The second-order valence-corrected chi connectivity index (χ2v) is 5.32. The van der Waals surface area contributed by atoms with Crippen molar-refractivity contribution in [3.8, 4) is 0 Å². The van der Waals surface area contributed by atoms with Crippen LogP contribution in [0.25, 0.3) is 0 Å². The molecule has 1 aliphatic rings. The molecule has 0 unspecified atom stereocenters. The Hall–Kier alpha value is -0.990. The predicted molar refractivity (Wildman–Crippen MR) is 67.6 cm³/mol. The minimum Gasteiger partial charge on any atom is -0.355 e. The number of rotatable bonds is 5. The zero-order chi connectivity index (χ0) is 11.4. The van der Waals surface area contributed by atoms with Gasteiger partial charge in [0.2, 0.25) is 5.95 Å². The van der Waals surface area contributed by atoms with Gasteiger partial charge in [0.05, 0.1) is 0 Å². The molecule has 90 valence electrons. The van der Waals surface area contributed by atoms with E-state index < -0.39 is 0 Å². The van der Waals surface area contributed by atoms with Gasteiger partial charge < -0.3 is 9.88 Å². The molecule has 1 N–H and O–H groups in total. The number of nitrogens with one attached hydrogen (secondary N) is 1. The monoisotopic (exact) mass is 221 g/mol. The molecule has 1 aromatic heterocycles. The van der Waals surface area contributed by atoms with E-state index >= 15 is 0 Å². The van der Waals surface area contributed by atoms with Gasteiger partial charge in [-0.1, -0.05) is 26.7 Å². The highest BCUT2D eigenvalue weighted by atomic mass is 15.2. The van der Waals surface area contributed by atoms with Crippen molar-refractivity contribution in [1.29, 1.82) is 0 Å². The van der Waals surface area contributed by atoms with Crippen molar-refractivity contribution in [3.05, 3.63) is 12.4 Å². The molecule has 0 saturated heterocycles. The summed E-state index contributed by atoms with van der Waals surface area (Å²) in [5.41, 5.74) is 0.489. The summed E-state index contributed by atoms with van der Waals surface area (Å²) in [6.07, 6.45) is 10.6.